The van der Waals surface area contributed by atoms with Crippen molar-refractivity contribution < 1.29 is 14.6 Å². The van der Waals surface area contributed by atoms with Gasteiger partial charge in [-0.2, -0.15) is 0 Å². The number of hydrogen-bond acceptors (Lipinski definition) is 2. The molecular formula is C10H8O3. The van der Waals surface area contributed by atoms with Crippen LogP contribution in [-0.4, -0.2) is 11.1 Å². The minimum atomic E-state index is -0.870. The van der Waals surface area contributed by atoms with Crippen molar-refractivity contribution in [2.75, 3.05) is 0 Å². The highest BCUT2D eigenvalue weighted by atomic mass is 16.5. The van der Waals surface area contributed by atoms with Crippen molar-refractivity contribution in [1.29, 1.82) is 0 Å². The molecule has 1 N–H and O–H groups in total. The maximum absolute atomic E-state index is 10.6. The largest absolute Gasteiger partial charge is 0.478 e. The van der Waals surface area contributed by atoms with Crippen molar-refractivity contribution in [3.63, 3.8) is 0 Å². The topological polar surface area (TPSA) is 46.5 Å². The Morgan fingerprint density at radius 3 is 3.08 bits per heavy atom. The first-order valence-corrected chi connectivity index (χ1v) is 3.93. The van der Waals surface area contributed by atoms with Gasteiger partial charge in [-0.25, -0.2) is 4.79 Å². The normalized spacial score (nSPS) is 19.2. The smallest absolute Gasteiger partial charge is 0.331 e. The molecule has 2 aliphatic rings. The number of carboxylic acids is 1. The number of carbonyl (C=O) groups is 1. The fraction of sp³-hybridized carbons (Fsp3) is 0.100. The molecule has 3 heteroatoms. The summed E-state index contributed by atoms with van der Waals surface area (Å²) in [4.78, 5) is 10.6. The second-order valence-corrected chi connectivity index (χ2v) is 2.88. The molecule has 0 aromatic rings. The van der Waals surface area contributed by atoms with Gasteiger partial charge in [-0.1, -0.05) is 12.2 Å². The summed E-state index contributed by atoms with van der Waals surface area (Å²) in [7, 11) is 0. The van der Waals surface area contributed by atoms with E-state index in [1.807, 2.05) is 6.08 Å². The molecule has 66 valence electrons. The highest BCUT2D eigenvalue weighted by Gasteiger charge is 2.17. The van der Waals surface area contributed by atoms with Crippen LogP contribution in [0.3, 0.4) is 0 Å². The van der Waals surface area contributed by atoms with Gasteiger partial charge in [0.1, 0.15) is 0 Å². The number of carboxylic acid groups (broad SMARTS) is 1. The maximum Gasteiger partial charge on any atom is 0.331 e. The van der Waals surface area contributed by atoms with Crippen LogP contribution < -0.4 is 0 Å². The number of aliphatic carboxylic acids is 1. The molecule has 0 unspecified atom stereocenters. The van der Waals surface area contributed by atoms with Gasteiger partial charge in [0.15, 0.2) is 0 Å². The summed E-state index contributed by atoms with van der Waals surface area (Å²) < 4.78 is 4.96. The first kappa shape index (κ1) is 7.86. The molecule has 3 nitrogen and oxygen atoms in total. The van der Waals surface area contributed by atoms with E-state index in [1.165, 1.54) is 0 Å². The zero-order chi connectivity index (χ0) is 9.26. The Balaban J connectivity index is 2.34. The minimum absolute atomic E-state index is 0.397. The third-order valence-corrected chi connectivity index (χ3v) is 2.03. The van der Waals surface area contributed by atoms with Gasteiger partial charge in [-0.05, 0) is 17.2 Å². The van der Waals surface area contributed by atoms with E-state index in [0.29, 0.717) is 12.0 Å². The van der Waals surface area contributed by atoms with Crippen LogP contribution in [0.1, 0.15) is 6.42 Å². The number of fused-ring (bicyclic) bond motifs is 1. The summed E-state index contributed by atoms with van der Waals surface area (Å²) in [5.74, 6) is -0.870. The third-order valence-electron chi connectivity index (χ3n) is 2.03. The van der Waals surface area contributed by atoms with E-state index in [0.717, 1.165) is 11.1 Å². The Labute approximate surface area is 75.3 Å². The van der Waals surface area contributed by atoms with Gasteiger partial charge >= 0.3 is 5.97 Å². The summed E-state index contributed by atoms with van der Waals surface area (Å²) >= 11 is 0. The molecule has 1 heterocycles. The Bertz CT molecular complexity index is 370. The van der Waals surface area contributed by atoms with Crippen LogP contribution in [0.15, 0.2) is 47.5 Å². The number of rotatable bonds is 1. The van der Waals surface area contributed by atoms with Crippen LogP contribution in [0.5, 0.6) is 0 Å². The molecule has 0 amide bonds. The summed E-state index contributed by atoms with van der Waals surface area (Å²) in [5, 5.41) is 8.74. The molecule has 1 aliphatic heterocycles. The minimum Gasteiger partial charge on any atom is -0.478 e. The lowest BCUT2D eigenvalue weighted by Gasteiger charge is -2.15. The molecule has 13 heavy (non-hydrogen) atoms. The molecular weight excluding hydrogens is 168 g/mol. The van der Waals surface area contributed by atoms with Gasteiger partial charge in [0.05, 0.1) is 12.5 Å². The van der Waals surface area contributed by atoms with E-state index in [9.17, 15) is 4.79 Å². The first-order valence-electron chi connectivity index (χ1n) is 3.93. The number of ether oxygens (including phenoxy) is 1. The van der Waals surface area contributed by atoms with E-state index in [1.54, 1.807) is 24.7 Å². The van der Waals surface area contributed by atoms with Crippen LogP contribution in [0.25, 0.3) is 0 Å². The summed E-state index contributed by atoms with van der Waals surface area (Å²) in [6.45, 7) is 0. The van der Waals surface area contributed by atoms with E-state index in [-0.39, 0.29) is 0 Å². The van der Waals surface area contributed by atoms with Gasteiger partial charge in [-0.3, -0.25) is 0 Å². The lowest BCUT2D eigenvalue weighted by Crippen LogP contribution is -2.07. The SMILES string of the molecule is O=C(O)C1=CC=C2C=COC=C2C1. The second-order valence-electron chi connectivity index (χ2n) is 2.88. The molecule has 0 aromatic heterocycles. The molecule has 0 bridgehead atoms. The fourth-order valence-electron chi connectivity index (χ4n) is 1.32. The van der Waals surface area contributed by atoms with Crippen molar-refractivity contribution in [3.8, 4) is 0 Å². The third kappa shape index (κ3) is 1.40. The Kier molecular flexibility index (Phi) is 1.77. The highest BCUT2D eigenvalue weighted by molar-refractivity contribution is 5.88. The lowest BCUT2D eigenvalue weighted by atomic mass is 9.93. The molecule has 2 rings (SSSR count). The van der Waals surface area contributed by atoms with Gasteiger partial charge in [0, 0.05) is 12.0 Å². The van der Waals surface area contributed by atoms with Crippen LogP contribution in [0.2, 0.25) is 0 Å². The van der Waals surface area contributed by atoms with Crippen molar-refractivity contribution in [2.45, 2.75) is 6.42 Å². The summed E-state index contributed by atoms with van der Waals surface area (Å²) in [6, 6.07) is 0. The first-order chi connectivity index (χ1) is 6.27. The van der Waals surface area contributed by atoms with Crippen LogP contribution in [0.4, 0.5) is 0 Å². The standard InChI is InChI=1S/C10H8O3/c11-10(12)8-2-1-7-3-4-13-6-9(7)5-8/h1-4,6H,5H2,(H,11,12). The molecule has 0 radical (unpaired) electrons. The molecule has 0 fully saturated rings. The molecule has 0 atom stereocenters. The quantitative estimate of drug-likeness (QED) is 0.662. The zero-order valence-electron chi connectivity index (χ0n) is 6.86. The maximum atomic E-state index is 10.6. The average Bonchev–Trinajstić information content (AvgIpc) is 2.17. The highest BCUT2D eigenvalue weighted by Crippen LogP contribution is 2.27. The fourth-order valence-corrected chi connectivity index (χ4v) is 1.32. The predicted octanol–water partition coefficient (Wildman–Crippen LogP) is 1.76. The average molecular weight is 176 g/mol. The van der Waals surface area contributed by atoms with Crippen molar-refractivity contribution in [3.05, 3.63) is 47.5 Å². The predicted molar refractivity (Wildman–Crippen MR) is 46.7 cm³/mol. The van der Waals surface area contributed by atoms with E-state index in [2.05, 4.69) is 0 Å². The van der Waals surface area contributed by atoms with Gasteiger partial charge in [0.2, 0.25) is 0 Å². The molecule has 1 aliphatic carbocycles. The monoisotopic (exact) mass is 176 g/mol. The Hall–Kier alpha value is -1.77. The van der Waals surface area contributed by atoms with Gasteiger partial charge < -0.3 is 9.84 Å². The Morgan fingerprint density at radius 1 is 1.46 bits per heavy atom. The van der Waals surface area contributed by atoms with Crippen molar-refractivity contribution >= 4 is 5.97 Å². The van der Waals surface area contributed by atoms with Crippen LogP contribution >= 0.6 is 0 Å². The molecule has 0 aromatic carbocycles. The van der Waals surface area contributed by atoms with Crippen LogP contribution in [0, 0.1) is 0 Å². The van der Waals surface area contributed by atoms with E-state index >= 15 is 0 Å². The lowest BCUT2D eigenvalue weighted by molar-refractivity contribution is -0.132. The van der Waals surface area contributed by atoms with Crippen molar-refractivity contribution in [1.82, 2.24) is 0 Å². The van der Waals surface area contributed by atoms with E-state index in [4.69, 9.17) is 9.84 Å². The second kappa shape index (κ2) is 2.94. The number of hydrogen-bond donors (Lipinski definition) is 1. The Morgan fingerprint density at radius 2 is 2.31 bits per heavy atom. The summed E-state index contributed by atoms with van der Waals surface area (Å²) in [6.07, 6.45) is 8.84. The van der Waals surface area contributed by atoms with Gasteiger partial charge in [0.25, 0.3) is 0 Å². The van der Waals surface area contributed by atoms with E-state index < -0.39 is 5.97 Å². The molecule has 0 saturated carbocycles. The zero-order valence-corrected chi connectivity index (χ0v) is 6.86. The van der Waals surface area contributed by atoms with Gasteiger partial charge in [-0.15, -0.1) is 0 Å². The number of allylic oxidation sites excluding steroid dienone is 5. The van der Waals surface area contributed by atoms with Crippen molar-refractivity contribution in [2.24, 2.45) is 0 Å². The molecule has 0 saturated heterocycles. The summed E-state index contributed by atoms with van der Waals surface area (Å²) in [5.41, 5.74) is 2.34. The molecule has 0 spiro atoms. The van der Waals surface area contributed by atoms with Crippen LogP contribution in [-0.2, 0) is 9.53 Å².